The number of nitrogens with zero attached hydrogens (tertiary/aromatic N) is 2. The van der Waals surface area contributed by atoms with Gasteiger partial charge in [-0.2, -0.15) is 5.10 Å². The summed E-state index contributed by atoms with van der Waals surface area (Å²) in [4.78, 5) is 21.7. The topological polar surface area (TPSA) is 122 Å². The van der Waals surface area contributed by atoms with Crippen LogP contribution in [0.4, 0.5) is 5.69 Å². The molecule has 0 atom stereocenters. The number of fused-ring (bicyclic) bond motifs is 1. The molecule has 0 saturated heterocycles. The van der Waals surface area contributed by atoms with Crippen LogP contribution in [-0.4, -0.2) is 30.4 Å². The largest absolute Gasteiger partial charge is 0.490 e. The lowest BCUT2D eigenvalue weighted by atomic mass is 10.1. The number of non-ortho nitro benzene ring substituents is 1. The maximum Gasteiger partial charge on any atom is 0.270 e. The Balaban J connectivity index is 1.82. The van der Waals surface area contributed by atoms with Crippen LogP contribution in [0.25, 0.3) is 0 Å². The number of nitrogens with one attached hydrogen (secondary N) is 1. The molecular weight excluding hydrogens is 394 g/mol. The summed E-state index contributed by atoms with van der Waals surface area (Å²) >= 11 is 0. The summed E-state index contributed by atoms with van der Waals surface area (Å²) in [6, 6.07) is 8.04. The molecule has 0 bridgehead atoms. The fourth-order valence-corrected chi connectivity index (χ4v) is 2.84. The smallest absolute Gasteiger partial charge is 0.270 e. The van der Waals surface area contributed by atoms with Crippen molar-refractivity contribution >= 4 is 17.8 Å². The van der Waals surface area contributed by atoms with Crippen molar-refractivity contribution in [3.8, 4) is 17.2 Å². The first-order valence-electron chi connectivity index (χ1n) is 9.18. The molecule has 10 nitrogen and oxygen atoms in total. The van der Waals surface area contributed by atoms with Crippen LogP contribution in [0, 0.1) is 10.1 Å². The zero-order valence-electron chi connectivity index (χ0n) is 16.5. The molecule has 1 N–H and O–H groups in total. The van der Waals surface area contributed by atoms with Gasteiger partial charge in [-0.15, -0.1) is 0 Å². The van der Waals surface area contributed by atoms with E-state index in [4.69, 9.17) is 18.9 Å². The Kier molecular flexibility index (Phi) is 6.81. The number of hydrazone groups is 1. The Hall–Kier alpha value is -3.66. The average molecular weight is 415 g/mol. The van der Waals surface area contributed by atoms with Crippen LogP contribution in [0.5, 0.6) is 17.2 Å². The van der Waals surface area contributed by atoms with Crippen molar-refractivity contribution < 1.29 is 28.7 Å². The number of amides is 1. The second kappa shape index (κ2) is 9.70. The van der Waals surface area contributed by atoms with Gasteiger partial charge in [-0.25, -0.2) is 5.43 Å². The minimum atomic E-state index is -0.465. The number of carbonyl (C=O) groups is 1. The van der Waals surface area contributed by atoms with E-state index in [0.29, 0.717) is 40.5 Å². The summed E-state index contributed by atoms with van der Waals surface area (Å²) in [5, 5.41) is 15.1. The van der Waals surface area contributed by atoms with Crippen molar-refractivity contribution in [1.82, 2.24) is 5.43 Å². The molecule has 0 aromatic heterocycles. The molecule has 1 aliphatic heterocycles. The van der Waals surface area contributed by atoms with Crippen LogP contribution in [0.15, 0.2) is 35.4 Å². The summed E-state index contributed by atoms with van der Waals surface area (Å²) in [5.41, 5.74) is 4.12. The van der Waals surface area contributed by atoms with Crippen molar-refractivity contribution in [2.24, 2.45) is 5.10 Å². The maximum atomic E-state index is 11.2. The van der Waals surface area contributed by atoms with Crippen molar-refractivity contribution in [2.45, 2.75) is 27.1 Å². The molecule has 0 radical (unpaired) electrons. The summed E-state index contributed by atoms with van der Waals surface area (Å²) in [6.07, 6.45) is 1.48. The first kappa shape index (κ1) is 21.1. The second-order valence-electron chi connectivity index (χ2n) is 6.31. The van der Waals surface area contributed by atoms with E-state index in [9.17, 15) is 14.9 Å². The molecule has 0 saturated carbocycles. The van der Waals surface area contributed by atoms with Gasteiger partial charge in [-0.3, -0.25) is 14.9 Å². The number of hydrogen-bond donors (Lipinski definition) is 1. The fourth-order valence-electron chi connectivity index (χ4n) is 2.84. The first-order chi connectivity index (χ1) is 14.5. The zero-order chi connectivity index (χ0) is 21.5. The van der Waals surface area contributed by atoms with Crippen molar-refractivity contribution in [3.05, 3.63) is 57.1 Å². The highest BCUT2D eigenvalue weighted by Gasteiger charge is 2.21. The number of hydrogen-bond acceptors (Lipinski definition) is 8. The lowest BCUT2D eigenvalue weighted by molar-refractivity contribution is -0.385. The number of nitro benzene ring substituents is 1. The third-order valence-electron chi connectivity index (χ3n) is 4.07. The van der Waals surface area contributed by atoms with Crippen LogP contribution in [0.3, 0.4) is 0 Å². The molecule has 1 aliphatic rings. The van der Waals surface area contributed by atoms with Crippen molar-refractivity contribution in [2.75, 3.05) is 13.4 Å². The molecule has 2 aromatic carbocycles. The van der Waals surface area contributed by atoms with Gasteiger partial charge in [0.15, 0.2) is 18.3 Å². The van der Waals surface area contributed by atoms with Gasteiger partial charge in [-0.05, 0) is 30.7 Å². The van der Waals surface area contributed by atoms with Crippen molar-refractivity contribution in [3.63, 3.8) is 0 Å². The van der Waals surface area contributed by atoms with Gasteiger partial charge in [-0.1, -0.05) is 0 Å². The molecule has 2 aromatic rings. The quantitative estimate of drug-likeness (QED) is 0.400. The molecule has 0 unspecified atom stereocenters. The van der Waals surface area contributed by atoms with Gasteiger partial charge in [0.1, 0.15) is 12.4 Å². The maximum absolute atomic E-state index is 11.2. The van der Waals surface area contributed by atoms with E-state index in [-0.39, 0.29) is 31.6 Å². The van der Waals surface area contributed by atoms with Gasteiger partial charge in [0.25, 0.3) is 5.69 Å². The number of rotatable bonds is 8. The molecule has 30 heavy (non-hydrogen) atoms. The second-order valence-corrected chi connectivity index (χ2v) is 6.31. The molecule has 0 fully saturated rings. The van der Waals surface area contributed by atoms with Crippen molar-refractivity contribution in [1.29, 1.82) is 0 Å². The van der Waals surface area contributed by atoms with E-state index < -0.39 is 4.92 Å². The Bertz CT molecular complexity index is 975. The molecule has 0 aliphatic carbocycles. The number of ether oxygens (including phenoxy) is 4. The summed E-state index contributed by atoms with van der Waals surface area (Å²) in [7, 11) is 0. The summed E-state index contributed by atoms with van der Waals surface area (Å²) in [5.74, 6) is 1.20. The van der Waals surface area contributed by atoms with Crippen LogP contribution >= 0.6 is 0 Å². The average Bonchev–Trinajstić information content (AvgIpc) is 2.72. The summed E-state index contributed by atoms with van der Waals surface area (Å²) in [6.45, 7) is 3.97. The zero-order valence-corrected chi connectivity index (χ0v) is 16.5. The van der Waals surface area contributed by atoms with Crippen LogP contribution in [0.1, 0.15) is 30.5 Å². The molecule has 0 spiro atoms. The monoisotopic (exact) mass is 415 g/mol. The van der Waals surface area contributed by atoms with E-state index in [1.807, 2.05) is 6.92 Å². The number of benzene rings is 2. The molecule has 1 heterocycles. The highest BCUT2D eigenvalue weighted by molar-refractivity contribution is 5.82. The van der Waals surface area contributed by atoms with E-state index in [1.165, 1.54) is 25.3 Å². The molecule has 3 rings (SSSR count). The Morgan fingerprint density at radius 2 is 2.13 bits per heavy atom. The molecule has 158 valence electrons. The lowest BCUT2D eigenvalue weighted by Gasteiger charge is -2.21. The third kappa shape index (κ3) is 5.23. The first-order valence-corrected chi connectivity index (χ1v) is 9.18. The van der Waals surface area contributed by atoms with Crippen LogP contribution < -0.4 is 19.6 Å². The minimum Gasteiger partial charge on any atom is -0.490 e. The Morgan fingerprint density at radius 1 is 1.30 bits per heavy atom. The Morgan fingerprint density at radius 3 is 2.87 bits per heavy atom. The molecule has 10 heteroatoms. The SMILES string of the molecule is CCOc1cc(/C=N\NC(C)=O)ccc1OCc1cc([N+](=O)[O-])cc2c1OCOC2. The van der Waals surface area contributed by atoms with E-state index in [2.05, 4.69) is 10.5 Å². The number of nitro groups is 1. The van der Waals surface area contributed by atoms with Gasteiger partial charge in [0.05, 0.1) is 24.4 Å². The highest BCUT2D eigenvalue weighted by atomic mass is 16.7. The van der Waals surface area contributed by atoms with E-state index in [0.717, 1.165) is 0 Å². The Labute approximate surface area is 172 Å². The minimum absolute atomic E-state index is 0.0451. The third-order valence-corrected chi connectivity index (χ3v) is 4.07. The summed E-state index contributed by atoms with van der Waals surface area (Å²) < 4.78 is 22.3. The van der Waals surface area contributed by atoms with Gasteiger partial charge in [0, 0.05) is 30.2 Å². The highest BCUT2D eigenvalue weighted by Crippen LogP contribution is 2.35. The van der Waals surface area contributed by atoms with Gasteiger partial charge >= 0.3 is 0 Å². The van der Waals surface area contributed by atoms with Crippen LogP contribution in [-0.2, 0) is 22.7 Å². The predicted octanol–water partition coefficient (Wildman–Crippen LogP) is 2.91. The van der Waals surface area contributed by atoms with Crippen LogP contribution in [0.2, 0.25) is 0 Å². The standard InChI is InChI=1S/C20H21N3O7/c1-3-28-19-6-14(9-21-22-13(2)24)4-5-18(19)29-11-16-8-17(23(25)26)7-15-10-27-12-30-20(15)16/h4-9H,3,10-12H2,1-2H3,(H,22,24)/b21-9-. The fraction of sp³-hybridized carbons (Fsp3) is 0.300. The van der Waals surface area contributed by atoms with Gasteiger partial charge in [0.2, 0.25) is 5.91 Å². The predicted molar refractivity (Wildman–Crippen MR) is 107 cm³/mol. The van der Waals surface area contributed by atoms with E-state index >= 15 is 0 Å². The molecule has 1 amide bonds. The molecular formula is C20H21N3O7. The lowest BCUT2D eigenvalue weighted by Crippen LogP contribution is -2.14. The van der Waals surface area contributed by atoms with E-state index in [1.54, 1.807) is 18.2 Å². The normalized spacial score (nSPS) is 12.7. The number of carbonyl (C=O) groups excluding carboxylic acids is 1. The van der Waals surface area contributed by atoms with Gasteiger partial charge < -0.3 is 18.9 Å².